The first-order chi connectivity index (χ1) is 26.2. The van der Waals surface area contributed by atoms with Crippen LogP contribution >= 0.6 is 0 Å². The molecule has 0 aliphatic carbocycles. The first-order valence-corrected chi connectivity index (χ1v) is 17.8. The highest BCUT2D eigenvalue weighted by Gasteiger charge is 2.20. The Morgan fingerprint density at radius 2 is 0.868 bits per heavy atom. The van der Waals surface area contributed by atoms with Crippen molar-refractivity contribution in [2.75, 3.05) is 0 Å². The smallest absolute Gasteiger partial charge is 0.164 e. The van der Waals surface area contributed by atoms with Crippen LogP contribution in [-0.4, -0.2) is 15.0 Å². The number of rotatable bonds is 6. The molecule has 0 aliphatic heterocycles. The Hall–Kier alpha value is -7.17. The Kier molecular flexibility index (Phi) is 7.43. The van der Waals surface area contributed by atoms with Gasteiger partial charge in [0.1, 0.15) is 11.2 Å². The molecule has 0 atom stereocenters. The van der Waals surface area contributed by atoms with Crippen molar-refractivity contribution in [2.24, 2.45) is 0 Å². The summed E-state index contributed by atoms with van der Waals surface area (Å²) in [5, 5.41) is 4.29. The molecule has 4 nitrogen and oxygen atoms in total. The number of furan rings is 1. The lowest BCUT2D eigenvalue weighted by Gasteiger charge is -2.10. The van der Waals surface area contributed by atoms with Crippen molar-refractivity contribution in [1.82, 2.24) is 15.0 Å². The Bertz CT molecular complexity index is 2930. The minimum absolute atomic E-state index is 0.593. The molecule has 0 spiro atoms. The third kappa shape index (κ3) is 5.63. The highest BCUT2D eigenvalue weighted by atomic mass is 16.3. The minimum Gasteiger partial charge on any atom is -0.455 e. The van der Waals surface area contributed by atoms with Crippen molar-refractivity contribution in [3.63, 3.8) is 0 Å². The molecule has 4 heteroatoms. The lowest BCUT2D eigenvalue weighted by atomic mass is 9.97. The first-order valence-electron chi connectivity index (χ1n) is 17.8. The van der Waals surface area contributed by atoms with Gasteiger partial charge in [0.05, 0.1) is 0 Å². The van der Waals surface area contributed by atoms with E-state index in [0.717, 1.165) is 71.8 Å². The van der Waals surface area contributed by atoms with E-state index in [1.54, 1.807) is 0 Å². The largest absolute Gasteiger partial charge is 0.455 e. The second-order valence-electron chi connectivity index (χ2n) is 13.2. The van der Waals surface area contributed by atoms with Gasteiger partial charge in [0.2, 0.25) is 0 Å². The maximum atomic E-state index is 6.71. The number of fused-ring (bicyclic) bond motifs is 4. The van der Waals surface area contributed by atoms with Gasteiger partial charge in [-0.3, -0.25) is 0 Å². The van der Waals surface area contributed by atoms with Crippen molar-refractivity contribution in [3.05, 3.63) is 188 Å². The normalized spacial score (nSPS) is 11.4. The van der Waals surface area contributed by atoms with Gasteiger partial charge in [0, 0.05) is 33.0 Å². The molecule has 0 unspecified atom stereocenters. The Labute approximate surface area is 306 Å². The molecule has 0 fully saturated rings. The summed E-state index contributed by atoms with van der Waals surface area (Å²) in [6.45, 7) is 0. The third-order valence-corrected chi connectivity index (χ3v) is 9.94. The molecule has 2 aromatic heterocycles. The first kappa shape index (κ1) is 30.6. The fraction of sp³-hybridized carbons (Fsp3) is 0. The SMILES string of the molecule is c1ccc(-c2ccc(-c3nc(-c4ccc5ccccc5c4)nc(-c4cccc5oc6c(-c7cccc(-c8ccccc8)c7)cccc6c45)n3)cc2)cc1. The van der Waals surface area contributed by atoms with E-state index >= 15 is 0 Å². The highest BCUT2D eigenvalue weighted by molar-refractivity contribution is 6.15. The maximum Gasteiger partial charge on any atom is 0.164 e. The lowest BCUT2D eigenvalue weighted by molar-refractivity contribution is 0.670. The maximum absolute atomic E-state index is 6.71. The minimum atomic E-state index is 0.593. The Morgan fingerprint density at radius 1 is 0.321 bits per heavy atom. The monoisotopic (exact) mass is 677 g/mol. The molecule has 10 aromatic rings. The highest BCUT2D eigenvalue weighted by Crippen LogP contribution is 2.41. The second kappa shape index (κ2) is 12.9. The van der Waals surface area contributed by atoms with Crippen LogP contribution in [0.4, 0.5) is 0 Å². The van der Waals surface area contributed by atoms with Crippen LogP contribution in [0.25, 0.3) is 100 Å². The summed E-state index contributed by atoms with van der Waals surface area (Å²) in [4.78, 5) is 15.4. The number of hydrogen-bond donors (Lipinski definition) is 0. The van der Waals surface area contributed by atoms with Crippen LogP contribution < -0.4 is 0 Å². The number of benzene rings is 8. The van der Waals surface area contributed by atoms with E-state index < -0.39 is 0 Å². The van der Waals surface area contributed by atoms with Gasteiger partial charge in [-0.2, -0.15) is 0 Å². The fourth-order valence-electron chi connectivity index (χ4n) is 7.28. The zero-order valence-corrected chi connectivity index (χ0v) is 28.6. The van der Waals surface area contributed by atoms with Crippen LogP contribution in [0.5, 0.6) is 0 Å². The summed E-state index contributed by atoms with van der Waals surface area (Å²) in [6, 6.07) is 65.1. The molecule has 2 heterocycles. The quantitative estimate of drug-likeness (QED) is 0.176. The molecule has 0 radical (unpaired) electrons. The fourth-order valence-corrected chi connectivity index (χ4v) is 7.28. The van der Waals surface area contributed by atoms with Gasteiger partial charge in [-0.1, -0.05) is 170 Å². The molecule has 0 saturated heterocycles. The van der Waals surface area contributed by atoms with Crippen LogP contribution in [0, 0.1) is 0 Å². The summed E-state index contributed by atoms with van der Waals surface area (Å²) in [6.07, 6.45) is 0. The van der Waals surface area contributed by atoms with Crippen molar-refractivity contribution in [3.8, 4) is 67.5 Å². The zero-order chi connectivity index (χ0) is 35.1. The number of para-hydroxylation sites is 1. The summed E-state index contributed by atoms with van der Waals surface area (Å²) in [7, 11) is 0. The van der Waals surface area contributed by atoms with Crippen LogP contribution in [0.2, 0.25) is 0 Å². The molecule has 0 bridgehead atoms. The topological polar surface area (TPSA) is 51.8 Å². The molecule has 10 rings (SSSR count). The molecular weight excluding hydrogens is 647 g/mol. The van der Waals surface area contributed by atoms with Gasteiger partial charge < -0.3 is 4.42 Å². The molecule has 248 valence electrons. The number of hydrogen-bond acceptors (Lipinski definition) is 4. The summed E-state index contributed by atoms with van der Waals surface area (Å²) in [5.41, 5.74) is 11.1. The van der Waals surface area contributed by atoms with E-state index in [4.69, 9.17) is 19.4 Å². The average molecular weight is 678 g/mol. The molecule has 0 aliphatic rings. The molecule has 0 amide bonds. The lowest BCUT2D eigenvalue weighted by Crippen LogP contribution is -2.00. The Balaban J connectivity index is 1.15. The summed E-state index contributed by atoms with van der Waals surface area (Å²) < 4.78 is 6.71. The number of nitrogens with zero attached hydrogens (tertiary/aromatic N) is 3. The van der Waals surface area contributed by atoms with Gasteiger partial charge in [-0.05, 0) is 56.8 Å². The third-order valence-electron chi connectivity index (χ3n) is 9.94. The van der Waals surface area contributed by atoms with Gasteiger partial charge in [0.15, 0.2) is 17.5 Å². The molecular formula is C49H31N3O. The van der Waals surface area contributed by atoms with E-state index in [2.05, 4.69) is 164 Å². The van der Waals surface area contributed by atoms with Crippen molar-refractivity contribution in [2.45, 2.75) is 0 Å². The van der Waals surface area contributed by atoms with E-state index in [0.29, 0.717) is 17.5 Å². The predicted octanol–water partition coefficient (Wildman–Crippen LogP) is 12.9. The zero-order valence-electron chi connectivity index (χ0n) is 28.6. The summed E-state index contributed by atoms with van der Waals surface area (Å²) in [5.74, 6) is 1.82. The van der Waals surface area contributed by atoms with Gasteiger partial charge in [-0.15, -0.1) is 0 Å². The molecule has 0 N–H and O–H groups in total. The Morgan fingerprint density at radius 3 is 1.66 bits per heavy atom. The molecule has 53 heavy (non-hydrogen) atoms. The molecule has 0 saturated carbocycles. The van der Waals surface area contributed by atoms with Crippen molar-refractivity contribution >= 4 is 32.7 Å². The van der Waals surface area contributed by atoms with Crippen LogP contribution in [-0.2, 0) is 0 Å². The van der Waals surface area contributed by atoms with Crippen molar-refractivity contribution in [1.29, 1.82) is 0 Å². The van der Waals surface area contributed by atoms with Gasteiger partial charge in [-0.25, -0.2) is 15.0 Å². The van der Waals surface area contributed by atoms with Crippen molar-refractivity contribution < 1.29 is 4.42 Å². The summed E-state index contributed by atoms with van der Waals surface area (Å²) >= 11 is 0. The average Bonchev–Trinajstić information content (AvgIpc) is 3.63. The van der Waals surface area contributed by atoms with E-state index in [1.165, 1.54) is 10.9 Å². The van der Waals surface area contributed by atoms with Crippen LogP contribution in [0.1, 0.15) is 0 Å². The predicted molar refractivity (Wildman–Crippen MR) is 217 cm³/mol. The van der Waals surface area contributed by atoms with E-state index in [9.17, 15) is 0 Å². The van der Waals surface area contributed by atoms with Crippen LogP contribution in [0.3, 0.4) is 0 Å². The van der Waals surface area contributed by atoms with Crippen LogP contribution in [0.15, 0.2) is 192 Å². The second-order valence-corrected chi connectivity index (χ2v) is 13.2. The van der Waals surface area contributed by atoms with Gasteiger partial charge in [0.25, 0.3) is 0 Å². The van der Waals surface area contributed by atoms with Gasteiger partial charge >= 0.3 is 0 Å². The van der Waals surface area contributed by atoms with E-state index in [1.807, 2.05) is 24.3 Å². The number of aromatic nitrogens is 3. The van der Waals surface area contributed by atoms with E-state index in [-0.39, 0.29) is 0 Å². The standard InChI is InChI=1S/C49H31N3O/c1-3-12-32(13-4-1)35-24-27-36(28-25-35)47-50-48(40-29-26-34-16-7-8-17-37(34)31-40)52-49(51-47)43-22-11-23-44-45(43)42-21-10-20-41(46(42)53-44)39-19-9-18-38(30-39)33-14-5-2-6-15-33/h1-31H. The molecule has 8 aromatic carbocycles.